The van der Waals surface area contributed by atoms with Gasteiger partial charge in [-0.15, -0.1) is 0 Å². The average Bonchev–Trinajstić information content (AvgIpc) is 2.36. The molecule has 0 aliphatic carbocycles. The molecular weight excluding hydrogens is 240 g/mol. The number of phenolic OH excluding ortho intramolecular Hbond substituents is 1. The molecule has 0 saturated carbocycles. The monoisotopic (exact) mass is 256 g/mol. The van der Waals surface area contributed by atoms with Gasteiger partial charge >= 0.3 is 0 Å². The second kappa shape index (κ2) is 5.02. The van der Waals surface area contributed by atoms with Gasteiger partial charge in [0.1, 0.15) is 5.75 Å². The van der Waals surface area contributed by atoms with Gasteiger partial charge in [-0.2, -0.15) is 0 Å². The number of rotatable bonds is 2. The fraction of sp³-hybridized carbons (Fsp3) is 0.133. The van der Waals surface area contributed by atoms with E-state index in [0.717, 1.165) is 16.8 Å². The molecule has 4 heteroatoms. The highest BCUT2D eigenvalue weighted by Gasteiger charge is 2.09. The molecule has 0 radical (unpaired) electrons. The molecule has 2 aromatic carbocycles. The zero-order chi connectivity index (χ0) is 14.0. The number of hydrogen-bond donors (Lipinski definition) is 3. The van der Waals surface area contributed by atoms with Crippen LogP contribution in [0.2, 0.25) is 0 Å². The van der Waals surface area contributed by atoms with E-state index >= 15 is 0 Å². The fourth-order valence-electron chi connectivity index (χ4n) is 1.84. The van der Waals surface area contributed by atoms with Gasteiger partial charge in [0.15, 0.2) is 0 Å². The minimum Gasteiger partial charge on any atom is -0.506 e. The van der Waals surface area contributed by atoms with Crippen molar-refractivity contribution in [2.45, 2.75) is 13.8 Å². The first kappa shape index (κ1) is 13.0. The summed E-state index contributed by atoms with van der Waals surface area (Å²) in [5, 5.41) is 12.2. The number of hydrogen-bond acceptors (Lipinski definition) is 3. The molecule has 19 heavy (non-hydrogen) atoms. The van der Waals surface area contributed by atoms with Gasteiger partial charge in [-0.05, 0) is 43.7 Å². The summed E-state index contributed by atoms with van der Waals surface area (Å²) in [5.74, 6) is -0.276. The first-order chi connectivity index (χ1) is 8.97. The van der Waals surface area contributed by atoms with Crippen molar-refractivity contribution < 1.29 is 9.90 Å². The zero-order valence-electron chi connectivity index (χ0n) is 10.9. The topological polar surface area (TPSA) is 75.3 Å². The molecule has 0 bridgehead atoms. The van der Waals surface area contributed by atoms with Crippen LogP contribution in [0, 0.1) is 13.8 Å². The first-order valence-electron chi connectivity index (χ1n) is 5.94. The lowest BCUT2D eigenvalue weighted by Gasteiger charge is -2.09. The Hall–Kier alpha value is -2.49. The lowest BCUT2D eigenvalue weighted by molar-refractivity contribution is 0.102. The van der Waals surface area contributed by atoms with Crippen LogP contribution >= 0.6 is 0 Å². The van der Waals surface area contributed by atoms with Crippen LogP contribution in [0.4, 0.5) is 11.4 Å². The van der Waals surface area contributed by atoms with Gasteiger partial charge in [-0.3, -0.25) is 4.79 Å². The Balaban J connectivity index is 2.23. The number of aromatic hydroxyl groups is 1. The van der Waals surface area contributed by atoms with E-state index in [0.29, 0.717) is 5.56 Å². The van der Waals surface area contributed by atoms with Crippen LogP contribution in [-0.4, -0.2) is 11.0 Å². The van der Waals surface area contributed by atoms with Crippen molar-refractivity contribution in [1.29, 1.82) is 0 Å². The molecule has 4 N–H and O–H groups in total. The first-order valence-corrected chi connectivity index (χ1v) is 5.94. The molecule has 0 atom stereocenters. The van der Waals surface area contributed by atoms with Gasteiger partial charge < -0.3 is 16.2 Å². The third-order valence-corrected chi connectivity index (χ3v) is 2.92. The second-order valence-corrected chi connectivity index (χ2v) is 4.55. The Labute approximate surface area is 111 Å². The Kier molecular flexibility index (Phi) is 3.42. The Morgan fingerprint density at radius 3 is 2.53 bits per heavy atom. The smallest absolute Gasteiger partial charge is 0.255 e. The predicted octanol–water partition coefficient (Wildman–Crippen LogP) is 2.84. The molecular formula is C15H16N2O2. The maximum absolute atomic E-state index is 12.1. The molecule has 0 aromatic heterocycles. The van der Waals surface area contributed by atoms with Crippen molar-refractivity contribution in [3.05, 3.63) is 53.1 Å². The van der Waals surface area contributed by atoms with Gasteiger partial charge in [-0.25, -0.2) is 0 Å². The number of nitrogen functional groups attached to an aromatic ring is 1. The van der Waals surface area contributed by atoms with Crippen molar-refractivity contribution in [3.8, 4) is 5.75 Å². The van der Waals surface area contributed by atoms with E-state index in [1.165, 1.54) is 18.2 Å². The summed E-state index contributed by atoms with van der Waals surface area (Å²) in [6.07, 6.45) is 0. The van der Waals surface area contributed by atoms with E-state index in [1.807, 2.05) is 32.0 Å². The summed E-state index contributed by atoms with van der Waals surface area (Å²) in [4.78, 5) is 12.1. The maximum Gasteiger partial charge on any atom is 0.255 e. The minimum atomic E-state index is -0.251. The molecule has 98 valence electrons. The standard InChI is InChI=1S/C15H16N2O2/c1-9-3-5-13(10(2)7-9)17-15(19)11-4-6-14(18)12(16)8-11/h3-8,18H,16H2,1-2H3,(H,17,19). The Morgan fingerprint density at radius 2 is 1.89 bits per heavy atom. The fourth-order valence-corrected chi connectivity index (χ4v) is 1.84. The Bertz CT molecular complexity index is 636. The normalized spacial score (nSPS) is 10.2. The minimum absolute atomic E-state index is 0.0249. The molecule has 2 aromatic rings. The number of amides is 1. The molecule has 2 rings (SSSR count). The van der Waals surface area contributed by atoms with Gasteiger partial charge in [0, 0.05) is 11.3 Å². The summed E-state index contributed by atoms with van der Waals surface area (Å²) in [5.41, 5.74) is 9.08. The highest BCUT2D eigenvalue weighted by atomic mass is 16.3. The van der Waals surface area contributed by atoms with Crippen molar-refractivity contribution in [3.63, 3.8) is 0 Å². The highest BCUT2D eigenvalue weighted by Crippen LogP contribution is 2.22. The SMILES string of the molecule is Cc1ccc(NC(=O)c2ccc(O)c(N)c2)c(C)c1. The van der Waals surface area contributed by atoms with Gasteiger partial charge in [-0.1, -0.05) is 17.7 Å². The van der Waals surface area contributed by atoms with Crippen LogP contribution in [0.5, 0.6) is 5.75 Å². The van der Waals surface area contributed by atoms with E-state index in [4.69, 9.17) is 5.73 Å². The van der Waals surface area contributed by atoms with Crippen LogP contribution in [0.3, 0.4) is 0 Å². The van der Waals surface area contributed by atoms with E-state index in [-0.39, 0.29) is 17.3 Å². The molecule has 0 fully saturated rings. The van der Waals surface area contributed by atoms with E-state index in [1.54, 1.807) is 0 Å². The second-order valence-electron chi connectivity index (χ2n) is 4.55. The lowest BCUT2D eigenvalue weighted by Crippen LogP contribution is -2.13. The molecule has 1 amide bonds. The van der Waals surface area contributed by atoms with Crippen LogP contribution in [-0.2, 0) is 0 Å². The average molecular weight is 256 g/mol. The van der Waals surface area contributed by atoms with E-state index < -0.39 is 0 Å². The number of phenols is 1. The number of aryl methyl sites for hydroxylation is 2. The molecule has 0 spiro atoms. The quantitative estimate of drug-likeness (QED) is 0.571. The van der Waals surface area contributed by atoms with Crippen molar-refractivity contribution in [2.75, 3.05) is 11.1 Å². The number of benzene rings is 2. The Morgan fingerprint density at radius 1 is 1.16 bits per heavy atom. The summed E-state index contributed by atoms with van der Waals surface area (Å²) in [6, 6.07) is 10.2. The summed E-state index contributed by atoms with van der Waals surface area (Å²) in [6.45, 7) is 3.94. The molecule has 4 nitrogen and oxygen atoms in total. The van der Waals surface area contributed by atoms with Gasteiger partial charge in [0.2, 0.25) is 0 Å². The molecule has 0 saturated heterocycles. The molecule has 0 heterocycles. The number of carbonyl (C=O) groups is 1. The van der Waals surface area contributed by atoms with Crippen molar-refractivity contribution in [1.82, 2.24) is 0 Å². The number of nitrogens with two attached hydrogens (primary N) is 1. The molecule has 0 unspecified atom stereocenters. The summed E-state index contributed by atoms with van der Waals surface area (Å²) < 4.78 is 0. The van der Waals surface area contributed by atoms with Crippen LogP contribution < -0.4 is 11.1 Å². The van der Waals surface area contributed by atoms with E-state index in [2.05, 4.69) is 5.32 Å². The van der Waals surface area contributed by atoms with Crippen LogP contribution in [0.25, 0.3) is 0 Å². The van der Waals surface area contributed by atoms with Crippen molar-refractivity contribution >= 4 is 17.3 Å². The lowest BCUT2D eigenvalue weighted by atomic mass is 10.1. The largest absolute Gasteiger partial charge is 0.506 e. The molecule has 0 aliphatic heterocycles. The van der Waals surface area contributed by atoms with Crippen LogP contribution in [0.1, 0.15) is 21.5 Å². The number of nitrogens with one attached hydrogen (secondary N) is 1. The highest BCUT2D eigenvalue weighted by molar-refractivity contribution is 6.05. The maximum atomic E-state index is 12.1. The summed E-state index contributed by atoms with van der Waals surface area (Å²) in [7, 11) is 0. The van der Waals surface area contributed by atoms with Gasteiger partial charge in [0.05, 0.1) is 5.69 Å². The predicted molar refractivity (Wildman–Crippen MR) is 76.4 cm³/mol. The molecule has 0 aliphatic rings. The zero-order valence-corrected chi connectivity index (χ0v) is 10.9. The van der Waals surface area contributed by atoms with Crippen molar-refractivity contribution in [2.24, 2.45) is 0 Å². The van der Waals surface area contributed by atoms with E-state index in [9.17, 15) is 9.90 Å². The van der Waals surface area contributed by atoms with Gasteiger partial charge in [0.25, 0.3) is 5.91 Å². The summed E-state index contributed by atoms with van der Waals surface area (Å²) >= 11 is 0. The third kappa shape index (κ3) is 2.85. The number of carbonyl (C=O) groups excluding carboxylic acids is 1. The van der Waals surface area contributed by atoms with Crippen LogP contribution in [0.15, 0.2) is 36.4 Å². The third-order valence-electron chi connectivity index (χ3n) is 2.92. The number of anilines is 2.